The van der Waals surface area contributed by atoms with Gasteiger partial charge >= 0.3 is 6.18 Å². The lowest BCUT2D eigenvalue weighted by atomic mass is 9.72. The molecule has 138 valence electrons. The maximum Gasteiger partial charge on any atom is 0.390 e. The molecule has 0 aromatic carbocycles. The number of carbonyl (C=O) groups is 1. The fraction of sp³-hybridized carbons (Fsp3) is 0.667. The van der Waals surface area contributed by atoms with Crippen LogP contribution in [0.4, 0.5) is 13.2 Å². The second kappa shape index (κ2) is 7.32. The van der Waals surface area contributed by atoms with Gasteiger partial charge in [0.25, 0.3) is 0 Å². The highest BCUT2D eigenvalue weighted by atomic mass is 19.4. The Morgan fingerprint density at radius 2 is 1.92 bits per heavy atom. The Hall–Kier alpha value is -1.63. The molecule has 7 heteroatoms. The predicted molar refractivity (Wildman–Crippen MR) is 87.7 cm³/mol. The van der Waals surface area contributed by atoms with E-state index in [2.05, 4.69) is 4.98 Å². The van der Waals surface area contributed by atoms with Crippen LogP contribution in [0, 0.1) is 5.41 Å². The van der Waals surface area contributed by atoms with Gasteiger partial charge < -0.3 is 9.80 Å². The number of aromatic nitrogens is 1. The topological polar surface area (TPSA) is 36.4 Å². The van der Waals surface area contributed by atoms with Crippen molar-refractivity contribution in [2.45, 2.75) is 44.8 Å². The Kier molecular flexibility index (Phi) is 5.32. The summed E-state index contributed by atoms with van der Waals surface area (Å²) in [5.41, 5.74) is 0.924. The molecule has 2 saturated heterocycles. The molecule has 0 saturated carbocycles. The number of nitrogens with zero attached hydrogens (tertiary/aromatic N) is 3. The van der Waals surface area contributed by atoms with Gasteiger partial charge in [0.1, 0.15) is 0 Å². The van der Waals surface area contributed by atoms with E-state index < -0.39 is 12.6 Å². The molecule has 0 N–H and O–H groups in total. The van der Waals surface area contributed by atoms with Gasteiger partial charge in [-0.1, -0.05) is 6.07 Å². The Bertz CT molecular complexity index is 583. The molecule has 0 aliphatic carbocycles. The van der Waals surface area contributed by atoms with Crippen molar-refractivity contribution in [3.63, 3.8) is 0 Å². The molecule has 3 rings (SSSR count). The van der Waals surface area contributed by atoms with Crippen molar-refractivity contribution in [2.75, 3.05) is 26.2 Å². The third-order valence-corrected chi connectivity index (χ3v) is 5.46. The van der Waals surface area contributed by atoms with Crippen LogP contribution in [0.3, 0.4) is 0 Å². The first-order valence-electron chi connectivity index (χ1n) is 8.82. The Morgan fingerprint density at radius 1 is 1.16 bits per heavy atom. The fourth-order valence-corrected chi connectivity index (χ4v) is 3.88. The lowest BCUT2D eigenvalue weighted by molar-refractivity contribution is -0.144. The van der Waals surface area contributed by atoms with Crippen molar-refractivity contribution in [2.24, 2.45) is 5.41 Å². The van der Waals surface area contributed by atoms with Crippen molar-refractivity contribution >= 4 is 5.91 Å². The van der Waals surface area contributed by atoms with Crippen molar-refractivity contribution in [3.8, 4) is 0 Å². The Balaban J connectivity index is 1.55. The molecule has 2 aliphatic heterocycles. The van der Waals surface area contributed by atoms with Crippen molar-refractivity contribution in [3.05, 3.63) is 30.1 Å². The first-order valence-corrected chi connectivity index (χ1v) is 8.82. The molecule has 2 fully saturated rings. The van der Waals surface area contributed by atoms with Gasteiger partial charge in [-0.2, -0.15) is 13.2 Å². The highest BCUT2D eigenvalue weighted by Gasteiger charge is 2.41. The van der Waals surface area contributed by atoms with Crippen LogP contribution in [0.2, 0.25) is 0 Å². The van der Waals surface area contributed by atoms with E-state index in [1.54, 1.807) is 6.20 Å². The molecular formula is C18H24F3N3O. The standard InChI is InChI=1S/C18H24F3N3O/c19-18(20,21)8-12-23-10-6-17(7-11-23)5-4-16(25)24(14-17)13-15-3-1-2-9-22-15/h1-3,9H,4-8,10-14H2. The van der Waals surface area contributed by atoms with Gasteiger partial charge in [-0.25, -0.2) is 0 Å². The van der Waals surface area contributed by atoms with Crippen LogP contribution >= 0.6 is 0 Å². The minimum absolute atomic E-state index is 0.0530. The number of likely N-dealkylation sites (tertiary alicyclic amines) is 2. The number of halogens is 3. The summed E-state index contributed by atoms with van der Waals surface area (Å²) in [6.07, 6.45) is -0.0322. The third kappa shape index (κ3) is 4.93. The molecule has 1 amide bonds. The summed E-state index contributed by atoms with van der Waals surface area (Å²) >= 11 is 0. The number of carbonyl (C=O) groups excluding carboxylic acids is 1. The number of hydrogen-bond acceptors (Lipinski definition) is 3. The van der Waals surface area contributed by atoms with Crippen LogP contribution < -0.4 is 0 Å². The highest BCUT2D eigenvalue weighted by Crippen LogP contribution is 2.40. The molecular weight excluding hydrogens is 331 g/mol. The molecule has 1 aromatic heterocycles. The third-order valence-electron chi connectivity index (χ3n) is 5.46. The SMILES string of the molecule is O=C1CCC2(CCN(CCC(F)(F)F)CC2)CN1Cc1ccccn1. The van der Waals surface area contributed by atoms with Crippen molar-refractivity contribution in [1.82, 2.24) is 14.8 Å². The number of hydrogen-bond donors (Lipinski definition) is 0. The van der Waals surface area contributed by atoms with Gasteiger partial charge in [-0.3, -0.25) is 9.78 Å². The summed E-state index contributed by atoms with van der Waals surface area (Å²) in [6.45, 7) is 2.65. The monoisotopic (exact) mass is 355 g/mol. The van der Waals surface area contributed by atoms with Gasteiger partial charge in [0.15, 0.2) is 0 Å². The molecule has 2 aliphatic rings. The summed E-state index contributed by atoms with van der Waals surface area (Å²) in [7, 11) is 0. The van der Waals surface area contributed by atoms with Crippen LogP contribution in [0.25, 0.3) is 0 Å². The quantitative estimate of drug-likeness (QED) is 0.832. The minimum Gasteiger partial charge on any atom is -0.336 e. The van der Waals surface area contributed by atoms with E-state index >= 15 is 0 Å². The minimum atomic E-state index is -4.09. The van der Waals surface area contributed by atoms with Crippen LogP contribution in [0.5, 0.6) is 0 Å². The lowest BCUT2D eigenvalue weighted by Gasteiger charge is -2.47. The van der Waals surface area contributed by atoms with E-state index in [9.17, 15) is 18.0 Å². The zero-order valence-corrected chi connectivity index (χ0v) is 14.3. The van der Waals surface area contributed by atoms with Gasteiger partial charge in [-0.15, -0.1) is 0 Å². The lowest BCUT2D eigenvalue weighted by Crippen LogP contribution is -2.51. The van der Waals surface area contributed by atoms with E-state index in [0.717, 1.165) is 25.0 Å². The van der Waals surface area contributed by atoms with Gasteiger partial charge in [0, 0.05) is 25.7 Å². The van der Waals surface area contributed by atoms with Crippen LogP contribution in [-0.2, 0) is 11.3 Å². The molecule has 4 nitrogen and oxygen atoms in total. The number of pyridine rings is 1. The molecule has 0 bridgehead atoms. The molecule has 0 radical (unpaired) electrons. The number of amides is 1. The predicted octanol–water partition coefficient (Wildman–Crippen LogP) is 3.24. The highest BCUT2D eigenvalue weighted by molar-refractivity contribution is 5.77. The van der Waals surface area contributed by atoms with Crippen molar-refractivity contribution < 1.29 is 18.0 Å². The number of rotatable bonds is 4. The second-order valence-electron chi connectivity index (χ2n) is 7.28. The van der Waals surface area contributed by atoms with Crippen LogP contribution in [0.1, 0.15) is 37.8 Å². The first kappa shape index (κ1) is 18.2. The second-order valence-corrected chi connectivity index (χ2v) is 7.28. The smallest absolute Gasteiger partial charge is 0.336 e. The summed E-state index contributed by atoms with van der Waals surface area (Å²) in [5, 5.41) is 0. The summed E-state index contributed by atoms with van der Waals surface area (Å²) in [4.78, 5) is 20.3. The Morgan fingerprint density at radius 3 is 2.56 bits per heavy atom. The average molecular weight is 355 g/mol. The summed E-state index contributed by atoms with van der Waals surface area (Å²) < 4.78 is 37.1. The van der Waals surface area contributed by atoms with Crippen LogP contribution in [0.15, 0.2) is 24.4 Å². The molecule has 0 unspecified atom stereocenters. The van der Waals surface area contributed by atoms with Crippen molar-refractivity contribution in [1.29, 1.82) is 0 Å². The largest absolute Gasteiger partial charge is 0.390 e. The maximum atomic E-state index is 12.4. The van der Waals surface area contributed by atoms with Gasteiger partial charge in [0.2, 0.25) is 5.91 Å². The maximum absolute atomic E-state index is 12.4. The number of alkyl halides is 3. The summed E-state index contributed by atoms with van der Waals surface area (Å²) in [5.74, 6) is 0.149. The zero-order chi connectivity index (χ0) is 17.9. The van der Waals surface area contributed by atoms with E-state index in [4.69, 9.17) is 0 Å². The molecule has 1 aromatic rings. The Labute approximate surface area is 146 Å². The zero-order valence-electron chi connectivity index (χ0n) is 14.3. The van der Waals surface area contributed by atoms with E-state index in [0.29, 0.717) is 32.6 Å². The van der Waals surface area contributed by atoms with E-state index in [1.165, 1.54) is 0 Å². The molecule has 25 heavy (non-hydrogen) atoms. The molecule has 3 heterocycles. The fourth-order valence-electron chi connectivity index (χ4n) is 3.88. The number of piperidine rings is 2. The van der Waals surface area contributed by atoms with E-state index in [1.807, 2.05) is 28.0 Å². The first-order chi connectivity index (χ1) is 11.9. The average Bonchev–Trinajstić information content (AvgIpc) is 2.58. The summed E-state index contributed by atoms with van der Waals surface area (Å²) in [6, 6.07) is 5.67. The van der Waals surface area contributed by atoms with Gasteiger partial charge in [0.05, 0.1) is 18.7 Å². The van der Waals surface area contributed by atoms with Crippen LogP contribution in [-0.4, -0.2) is 53.0 Å². The van der Waals surface area contributed by atoms with Gasteiger partial charge in [-0.05, 0) is 49.9 Å². The molecule has 0 atom stereocenters. The normalized spacial score (nSPS) is 21.7. The molecule has 1 spiro atoms. The van der Waals surface area contributed by atoms with E-state index in [-0.39, 0.29) is 17.9 Å².